The van der Waals surface area contributed by atoms with E-state index >= 15 is 0 Å². The Labute approximate surface area is 98.9 Å². The van der Waals surface area contributed by atoms with Crippen molar-refractivity contribution in [2.45, 2.75) is 45.6 Å². The van der Waals surface area contributed by atoms with E-state index in [1.165, 1.54) is 0 Å². The van der Waals surface area contributed by atoms with Crippen LogP contribution in [0.2, 0.25) is 0 Å². The van der Waals surface area contributed by atoms with Gasteiger partial charge in [-0.25, -0.2) is 0 Å². The molecule has 0 radical (unpaired) electrons. The summed E-state index contributed by atoms with van der Waals surface area (Å²) < 4.78 is 4.95. The average Bonchev–Trinajstić information content (AvgIpc) is 2.31. The van der Waals surface area contributed by atoms with Crippen LogP contribution in [0.1, 0.15) is 39.5 Å². The Bertz CT molecular complexity index is 186. The van der Waals surface area contributed by atoms with Crippen LogP contribution in [-0.2, 0) is 9.53 Å². The van der Waals surface area contributed by atoms with Gasteiger partial charge in [0.2, 0.25) is 5.91 Å². The fourth-order valence-electron chi connectivity index (χ4n) is 1.39. The van der Waals surface area contributed by atoms with Gasteiger partial charge in [0.1, 0.15) is 0 Å². The maximum Gasteiger partial charge on any atom is 0.237 e. The number of rotatable bonds is 9. The van der Waals surface area contributed by atoms with E-state index in [2.05, 4.69) is 5.32 Å². The smallest absolute Gasteiger partial charge is 0.237 e. The molecule has 0 aromatic carbocycles. The molecule has 0 heterocycles. The average molecular weight is 230 g/mol. The minimum atomic E-state index is -0.371. The fourth-order valence-corrected chi connectivity index (χ4v) is 1.39. The van der Waals surface area contributed by atoms with E-state index in [1.54, 1.807) is 7.11 Å². The molecule has 0 spiro atoms. The fraction of sp³-hybridized carbons (Fsp3) is 0.917. The summed E-state index contributed by atoms with van der Waals surface area (Å²) in [6, 6.07) is -0.371. The number of methoxy groups -OCH3 is 1. The number of carbonyl (C=O) groups excluding carboxylic acids is 1. The van der Waals surface area contributed by atoms with Crippen molar-refractivity contribution < 1.29 is 9.53 Å². The highest BCUT2D eigenvalue weighted by Gasteiger charge is 2.18. The van der Waals surface area contributed by atoms with E-state index in [9.17, 15) is 4.79 Å². The zero-order chi connectivity index (χ0) is 12.4. The number of amides is 1. The third kappa shape index (κ3) is 6.80. The van der Waals surface area contributed by atoms with Crippen LogP contribution in [0.25, 0.3) is 0 Å². The molecule has 0 fully saturated rings. The van der Waals surface area contributed by atoms with Crippen molar-refractivity contribution in [3.05, 3.63) is 0 Å². The van der Waals surface area contributed by atoms with Gasteiger partial charge in [-0.3, -0.25) is 4.79 Å². The molecule has 0 aliphatic rings. The van der Waals surface area contributed by atoms with Gasteiger partial charge in [0.15, 0.2) is 0 Å². The van der Waals surface area contributed by atoms with Gasteiger partial charge in [-0.05, 0) is 25.2 Å². The molecule has 0 aliphatic heterocycles. The van der Waals surface area contributed by atoms with E-state index in [0.29, 0.717) is 6.54 Å². The molecule has 0 aliphatic carbocycles. The molecule has 0 saturated carbocycles. The van der Waals surface area contributed by atoms with Crippen LogP contribution >= 0.6 is 0 Å². The lowest BCUT2D eigenvalue weighted by Crippen LogP contribution is -2.44. The number of hydrogen-bond acceptors (Lipinski definition) is 3. The Morgan fingerprint density at radius 1 is 1.38 bits per heavy atom. The summed E-state index contributed by atoms with van der Waals surface area (Å²) in [6.07, 6.45) is 4.04. The quantitative estimate of drug-likeness (QED) is 0.587. The lowest BCUT2D eigenvalue weighted by molar-refractivity contribution is -0.123. The second-order valence-electron chi connectivity index (χ2n) is 4.26. The summed E-state index contributed by atoms with van der Waals surface area (Å²) in [5.41, 5.74) is 5.80. The van der Waals surface area contributed by atoms with Crippen LogP contribution in [0, 0.1) is 5.92 Å². The third-order valence-electron chi connectivity index (χ3n) is 2.88. The Morgan fingerprint density at radius 2 is 2.06 bits per heavy atom. The SMILES string of the molecule is CCC(C)[C@H](N)C(=O)NCCCCCOC. The summed E-state index contributed by atoms with van der Waals surface area (Å²) >= 11 is 0. The lowest BCUT2D eigenvalue weighted by atomic mass is 9.99. The van der Waals surface area contributed by atoms with Crippen LogP contribution in [0.4, 0.5) is 0 Å². The van der Waals surface area contributed by atoms with Crippen LogP contribution in [0.15, 0.2) is 0 Å². The highest BCUT2D eigenvalue weighted by Crippen LogP contribution is 2.05. The second-order valence-corrected chi connectivity index (χ2v) is 4.26. The van der Waals surface area contributed by atoms with Crippen LogP contribution in [-0.4, -0.2) is 32.2 Å². The molecule has 0 aromatic rings. The van der Waals surface area contributed by atoms with Crippen molar-refractivity contribution in [3.63, 3.8) is 0 Å². The van der Waals surface area contributed by atoms with Crippen molar-refractivity contribution in [3.8, 4) is 0 Å². The number of nitrogens with one attached hydrogen (secondary N) is 1. The predicted molar refractivity (Wildman–Crippen MR) is 66.2 cm³/mol. The highest BCUT2D eigenvalue weighted by molar-refractivity contribution is 5.81. The van der Waals surface area contributed by atoms with Gasteiger partial charge in [-0.2, -0.15) is 0 Å². The summed E-state index contributed by atoms with van der Waals surface area (Å²) in [6.45, 7) is 5.55. The molecule has 4 heteroatoms. The van der Waals surface area contributed by atoms with Crippen LogP contribution in [0.3, 0.4) is 0 Å². The molecule has 0 rings (SSSR count). The maximum atomic E-state index is 11.6. The van der Waals surface area contributed by atoms with Gasteiger partial charge in [0.05, 0.1) is 6.04 Å². The van der Waals surface area contributed by atoms with Crippen molar-refractivity contribution in [2.75, 3.05) is 20.3 Å². The molecular formula is C12H26N2O2. The van der Waals surface area contributed by atoms with Crippen molar-refractivity contribution >= 4 is 5.91 Å². The molecule has 1 unspecified atom stereocenters. The normalized spacial score (nSPS) is 14.5. The van der Waals surface area contributed by atoms with Gasteiger partial charge in [-0.1, -0.05) is 20.3 Å². The Kier molecular flexibility index (Phi) is 9.24. The Morgan fingerprint density at radius 3 is 2.62 bits per heavy atom. The van der Waals surface area contributed by atoms with E-state index in [1.807, 2.05) is 13.8 Å². The minimum Gasteiger partial charge on any atom is -0.385 e. The van der Waals surface area contributed by atoms with E-state index < -0.39 is 0 Å². The number of ether oxygens (including phenoxy) is 1. The molecular weight excluding hydrogens is 204 g/mol. The van der Waals surface area contributed by atoms with Gasteiger partial charge >= 0.3 is 0 Å². The van der Waals surface area contributed by atoms with Gasteiger partial charge in [0, 0.05) is 20.3 Å². The maximum absolute atomic E-state index is 11.6. The summed E-state index contributed by atoms with van der Waals surface area (Å²) in [5, 5.41) is 2.87. The lowest BCUT2D eigenvalue weighted by Gasteiger charge is -2.17. The Balaban J connectivity index is 3.50. The van der Waals surface area contributed by atoms with Crippen LogP contribution in [0.5, 0.6) is 0 Å². The first kappa shape index (κ1) is 15.4. The van der Waals surface area contributed by atoms with Gasteiger partial charge < -0.3 is 15.8 Å². The molecule has 1 amide bonds. The summed E-state index contributed by atoms with van der Waals surface area (Å²) in [5.74, 6) is 0.217. The minimum absolute atomic E-state index is 0.0268. The predicted octanol–water partition coefficient (Wildman–Crippen LogP) is 1.29. The molecule has 0 aromatic heterocycles. The summed E-state index contributed by atoms with van der Waals surface area (Å²) in [7, 11) is 1.70. The molecule has 96 valence electrons. The molecule has 4 nitrogen and oxygen atoms in total. The van der Waals surface area contributed by atoms with Crippen molar-refractivity contribution in [2.24, 2.45) is 11.7 Å². The van der Waals surface area contributed by atoms with Gasteiger partial charge in [0.25, 0.3) is 0 Å². The first-order valence-corrected chi connectivity index (χ1v) is 6.15. The molecule has 3 N–H and O–H groups in total. The van der Waals surface area contributed by atoms with E-state index in [0.717, 1.165) is 32.3 Å². The highest BCUT2D eigenvalue weighted by atomic mass is 16.5. The van der Waals surface area contributed by atoms with Gasteiger partial charge in [-0.15, -0.1) is 0 Å². The summed E-state index contributed by atoms with van der Waals surface area (Å²) in [4.78, 5) is 11.6. The number of hydrogen-bond donors (Lipinski definition) is 2. The van der Waals surface area contributed by atoms with E-state index in [-0.39, 0.29) is 17.9 Å². The molecule has 0 bridgehead atoms. The Hall–Kier alpha value is -0.610. The third-order valence-corrected chi connectivity index (χ3v) is 2.88. The largest absolute Gasteiger partial charge is 0.385 e. The standard InChI is InChI=1S/C12H26N2O2/c1-4-10(2)11(13)12(15)14-8-6-5-7-9-16-3/h10-11H,4-9,13H2,1-3H3,(H,14,15)/t10?,11-/m0/s1. The number of nitrogens with two attached hydrogens (primary N) is 1. The topological polar surface area (TPSA) is 64.4 Å². The number of carbonyl (C=O) groups is 1. The first-order chi connectivity index (χ1) is 7.63. The number of unbranched alkanes of at least 4 members (excludes halogenated alkanes) is 2. The molecule has 16 heavy (non-hydrogen) atoms. The van der Waals surface area contributed by atoms with Crippen molar-refractivity contribution in [1.82, 2.24) is 5.32 Å². The zero-order valence-corrected chi connectivity index (χ0v) is 10.8. The van der Waals surface area contributed by atoms with E-state index in [4.69, 9.17) is 10.5 Å². The van der Waals surface area contributed by atoms with Crippen molar-refractivity contribution in [1.29, 1.82) is 0 Å². The molecule has 0 saturated heterocycles. The second kappa shape index (κ2) is 9.60. The first-order valence-electron chi connectivity index (χ1n) is 6.15. The molecule has 2 atom stereocenters. The zero-order valence-electron chi connectivity index (χ0n) is 10.8. The monoisotopic (exact) mass is 230 g/mol. The van der Waals surface area contributed by atoms with Crippen LogP contribution < -0.4 is 11.1 Å².